The normalized spacial score (nSPS) is 12.7. The molecular formula is C21H37N. The maximum atomic E-state index is 2.40. The number of benzene rings is 1. The smallest absolute Gasteiger partial charge is 0.00248 e. The minimum Gasteiger partial charge on any atom is -0.309 e. The lowest BCUT2D eigenvalue weighted by atomic mass is 9.95. The van der Waals surface area contributed by atoms with Crippen LogP contribution in [0.3, 0.4) is 0 Å². The molecule has 1 heteroatoms. The first kappa shape index (κ1) is 19.2. The molecule has 22 heavy (non-hydrogen) atoms. The van der Waals surface area contributed by atoms with E-state index in [2.05, 4.69) is 56.3 Å². The summed E-state index contributed by atoms with van der Waals surface area (Å²) in [6.45, 7) is 3.65. The standard InChI is InChI=1S/C21H37N/c1-20(19-21-16-12-10-13-17-21)15-11-8-6-4-5-7-9-14-18-22(2)3/h10,12-13,16-17,20H,4-9,11,14-15,18-19H2,1-3H3. The Hall–Kier alpha value is -0.820. The van der Waals surface area contributed by atoms with Crippen LogP contribution >= 0.6 is 0 Å². The lowest BCUT2D eigenvalue weighted by Crippen LogP contribution is -2.12. The molecule has 0 aromatic heterocycles. The fourth-order valence-electron chi connectivity index (χ4n) is 3.10. The molecule has 1 rings (SSSR count). The number of nitrogens with zero attached hydrogens (tertiary/aromatic N) is 1. The lowest BCUT2D eigenvalue weighted by Gasteiger charge is -2.11. The molecule has 1 nitrogen and oxygen atoms in total. The van der Waals surface area contributed by atoms with Crippen molar-refractivity contribution < 1.29 is 0 Å². The van der Waals surface area contributed by atoms with Gasteiger partial charge in [-0.3, -0.25) is 0 Å². The van der Waals surface area contributed by atoms with Crippen molar-refractivity contribution in [2.24, 2.45) is 5.92 Å². The van der Waals surface area contributed by atoms with Gasteiger partial charge in [-0.15, -0.1) is 0 Å². The van der Waals surface area contributed by atoms with Gasteiger partial charge in [-0.25, -0.2) is 0 Å². The predicted molar refractivity (Wildman–Crippen MR) is 99.4 cm³/mol. The summed E-state index contributed by atoms with van der Waals surface area (Å²) in [6.07, 6.45) is 14.0. The molecule has 0 fully saturated rings. The summed E-state index contributed by atoms with van der Waals surface area (Å²) in [4.78, 5) is 2.29. The summed E-state index contributed by atoms with van der Waals surface area (Å²) in [7, 11) is 4.33. The molecular weight excluding hydrogens is 266 g/mol. The average Bonchev–Trinajstić information content (AvgIpc) is 2.50. The van der Waals surface area contributed by atoms with Crippen molar-refractivity contribution in [3.05, 3.63) is 35.9 Å². The Balaban J connectivity index is 1.87. The van der Waals surface area contributed by atoms with E-state index >= 15 is 0 Å². The van der Waals surface area contributed by atoms with E-state index in [-0.39, 0.29) is 0 Å². The Morgan fingerprint density at radius 3 is 1.91 bits per heavy atom. The van der Waals surface area contributed by atoms with E-state index in [9.17, 15) is 0 Å². The van der Waals surface area contributed by atoms with Crippen LogP contribution in [0.25, 0.3) is 0 Å². The molecule has 0 amide bonds. The first-order valence-corrected chi connectivity index (χ1v) is 9.37. The molecule has 0 radical (unpaired) electrons. The number of hydrogen-bond acceptors (Lipinski definition) is 1. The molecule has 126 valence electrons. The molecule has 1 aromatic rings. The highest BCUT2D eigenvalue weighted by Gasteiger charge is 2.03. The van der Waals surface area contributed by atoms with Crippen LogP contribution in [0.4, 0.5) is 0 Å². The monoisotopic (exact) mass is 303 g/mol. The van der Waals surface area contributed by atoms with E-state index in [1.54, 1.807) is 0 Å². The summed E-state index contributed by atoms with van der Waals surface area (Å²) in [5.41, 5.74) is 1.49. The van der Waals surface area contributed by atoms with Crippen LogP contribution in [0.15, 0.2) is 30.3 Å². The highest BCUT2D eigenvalue weighted by atomic mass is 15.0. The van der Waals surface area contributed by atoms with Crippen molar-refractivity contribution in [3.63, 3.8) is 0 Å². The van der Waals surface area contributed by atoms with Gasteiger partial charge in [0.05, 0.1) is 0 Å². The zero-order chi connectivity index (χ0) is 16.0. The van der Waals surface area contributed by atoms with Gasteiger partial charge in [-0.1, -0.05) is 88.6 Å². The fraction of sp³-hybridized carbons (Fsp3) is 0.714. The van der Waals surface area contributed by atoms with Gasteiger partial charge >= 0.3 is 0 Å². The Labute approximate surface area is 139 Å². The largest absolute Gasteiger partial charge is 0.309 e. The van der Waals surface area contributed by atoms with E-state index in [1.165, 1.54) is 76.3 Å². The van der Waals surface area contributed by atoms with Crippen LogP contribution in [0, 0.1) is 5.92 Å². The number of hydrogen-bond donors (Lipinski definition) is 0. The molecule has 0 saturated heterocycles. The third-order valence-corrected chi connectivity index (χ3v) is 4.48. The van der Waals surface area contributed by atoms with Crippen LogP contribution < -0.4 is 0 Å². The Morgan fingerprint density at radius 2 is 1.32 bits per heavy atom. The topological polar surface area (TPSA) is 3.24 Å². The van der Waals surface area contributed by atoms with Crippen LogP contribution in [-0.4, -0.2) is 25.5 Å². The van der Waals surface area contributed by atoms with Crippen molar-refractivity contribution in [2.75, 3.05) is 20.6 Å². The number of rotatable bonds is 13. The summed E-state index contributed by atoms with van der Waals surface area (Å²) in [5.74, 6) is 0.827. The molecule has 0 spiro atoms. The minimum atomic E-state index is 0.827. The van der Waals surface area contributed by atoms with Crippen molar-refractivity contribution in [3.8, 4) is 0 Å². The second kappa shape index (κ2) is 12.7. The third-order valence-electron chi connectivity index (χ3n) is 4.48. The van der Waals surface area contributed by atoms with Gasteiger partial charge < -0.3 is 4.90 Å². The fourth-order valence-corrected chi connectivity index (χ4v) is 3.10. The molecule has 0 aliphatic carbocycles. The third kappa shape index (κ3) is 10.8. The molecule has 0 N–H and O–H groups in total. The van der Waals surface area contributed by atoms with Gasteiger partial charge in [0.25, 0.3) is 0 Å². The summed E-state index contributed by atoms with van der Waals surface area (Å²) < 4.78 is 0. The quantitative estimate of drug-likeness (QED) is 0.408. The maximum Gasteiger partial charge on any atom is -0.00248 e. The zero-order valence-corrected chi connectivity index (χ0v) is 15.2. The maximum absolute atomic E-state index is 2.40. The summed E-state index contributed by atoms with van der Waals surface area (Å²) in [5, 5.41) is 0. The van der Waals surface area contributed by atoms with Gasteiger partial charge in [0.15, 0.2) is 0 Å². The Morgan fingerprint density at radius 1 is 0.773 bits per heavy atom. The molecule has 0 heterocycles. The Kier molecular flexibility index (Phi) is 11.1. The molecule has 0 saturated carbocycles. The second-order valence-corrected chi connectivity index (χ2v) is 7.22. The van der Waals surface area contributed by atoms with Crippen LogP contribution in [0.2, 0.25) is 0 Å². The highest BCUT2D eigenvalue weighted by Crippen LogP contribution is 2.16. The SMILES string of the molecule is CC(CCCCCCCCCCN(C)C)Cc1ccccc1. The lowest BCUT2D eigenvalue weighted by molar-refractivity contribution is 0.389. The predicted octanol–water partition coefficient (Wildman–Crippen LogP) is 5.94. The molecule has 1 aromatic carbocycles. The average molecular weight is 304 g/mol. The minimum absolute atomic E-state index is 0.827. The van der Waals surface area contributed by atoms with Crippen LogP contribution in [0.1, 0.15) is 70.3 Å². The van der Waals surface area contributed by atoms with E-state index in [1.807, 2.05) is 0 Å². The molecule has 0 aliphatic heterocycles. The molecule has 1 atom stereocenters. The van der Waals surface area contributed by atoms with Crippen molar-refractivity contribution in [2.45, 2.75) is 71.1 Å². The van der Waals surface area contributed by atoms with Crippen LogP contribution in [-0.2, 0) is 6.42 Å². The van der Waals surface area contributed by atoms with Gasteiger partial charge in [-0.2, -0.15) is 0 Å². The van der Waals surface area contributed by atoms with Crippen molar-refractivity contribution in [1.82, 2.24) is 4.90 Å². The first-order chi connectivity index (χ1) is 10.7. The first-order valence-electron chi connectivity index (χ1n) is 9.37. The van der Waals surface area contributed by atoms with E-state index in [4.69, 9.17) is 0 Å². The van der Waals surface area contributed by atoms with Crippen LogP contribution in [0.5, 0.6) is 0 Å². The number of unbranched alkanes of at least 4 members (excludes halogenated alkanes) is 7. The van der Waals surface area contributed by atoms with E-state index < -0.39 is 0 Å². The van der Waals surface area contributed by atoms with E-state index in [0.29, 0.717) is 0 Å². The second-order valence-electron chi connectivity index (χ2n) is 7.22. The molecule has 0 aliphatic rings. The van der Waals surface area contributed by atoms with Gasteiger partial charge in [0, 0.05) is 0 Å². The van der Waals surface area contributed by atoms with Gasteiger partial charge in [-0.05, 0) is 45.0 Å². The van der Waals surface area contributed by atoms with Gasteiger partial charge in [0.2, 0.25) is 0 Å². The van der Waals surface area contributed by atoms with Crippen molar-refractivity contribution in [1.29, 1.82) is 0 Å². The molecule has 0 bridgehead atoms. The zero-order valence-electron chi connectivity index (χ0n) is 15.2. The Bertz CT molecular complexity index is 344. The van der Waals surface area contributed by atoms with E-state index in [0.717, 1.165) is 5.92 Å². The summed E-state index contributed by atoms with van der Waals surface area (Å²) in [6, 6.07) is 10.9. The van der Waals surface area contributed by atoms with Gasteiger partial charge in [0.1, 0.15) is 0 Å². The van der Waals surface area contributed by atoms with Crippen molar-refractivity contribution >= 4 is 0 Å². The highest BCUT2D eigenvalue weighted by molar-refractivity contribution is 5.14. The summed E-state index contributed by atoms with van der Waals surface area (Å²) >= 11 is 0. The molecule has 1 unspecified atom stereocenters.